The molecule has 2 N–H and O–H groups in total. The van der Waals surface area contributed by atoms with Crippen LogP contribution in [0.4, 0.5) is 10.5 Å². The van der Waals surface area contributed by atoms with Crippen molar-refractivity contribution in [2.45, 2.75) is 18.9 Å². The van der Waals surface area contributed by atoms with Crippen LogP contribution in [0.1, 0.15) is 18.4 Å². The Balaban J connectivity index is 1.41. The second kappa shape index (κ2) is 6.87. The van der Waals surface area contributed by atoms with E-state index in [-0.39, 0.29) is 18.0 Å². The van der Waals surface area contributed by atoms with E-state index in [0.717, 1.165) is 17.0 Å². The van der Waals surface area contributed by atoms with Crippen LogP contribution >= 0.6 is 0 Å². The number of aromatic nitrogens is 3. The number of amides is 2. The Morgan fingerprint density at radius 1 is 1.27 bits per heavy atom. The molecule has 2 unspecified atom stereocenters. The molecule has 0 saturated carbocycles. The Kier molecular flexibility index (Phi) is 4.27. The van der Waals surface area contributed by atoms with E-state index in [9.17, 15) is 4.79 Å². The molecule has 2 atom stereocenters. The minimum absolute atomic E-state index is 0.0582. The molecular weight excluding hydrogens is 330 g/mol. The van der Waals surface area contributed by atoms with Gasteiger partial charge in [0.1, 0.15) is 5.75 Å². The van der Waals surface area contributed by atoms with E-state index in [4.69, 9.17) is 4.74 Å². The summed E-state index contributed by atoms with van der Waals surface area (Å²) in [6, 6.07) is 15.1. The molecule has 7 heteroatoms. The predicted octanol–water partition coefficient (Wildman–Crippen LogP) is 2.95. The van der Waals surface area contributed by atoms with Gasteiger partial charge in [0.15, 0.2) is 0 Å². The Hall–Kier alpha value is -3.35. The van der Waals surface area contributed by atoms with Crippen LogP contribution in [0.15, 0.2) is 60.9 Å². The van der Waals surface area contributed by atoms with Crippen LogP contribution in [0.5, 0.6) is 5.75 Å². The molecule has 0 saturated heterocycles. The molecule has 0 fully saturated rings. The SMILES string of the molecule is CC(NC(=O)Nc1cccc(-n2ccnn2)c1)C1COc2ccccc21. The predicted molar refractivity (Wildman–Crippen MR) is 97.7 cm³/mol. The normalized spacial score (nSPS) is 16.4. The molecule has 4 rings (SSSR count). The van der Waals surface area contributed by atoms with Gasteiger partial charge in [-0.3, -0.25) is 0 Å². The van der Waals surface area contributed by atoms with Crippen molar-refractivity contribution in [1.29, 1.82) is 0 Å². The summed E-state index contributed by atoms with van der Waals surface area (Å²) >= 11 is 0. The number of benzene rings is 2. The Morgan fingerprint density at radius 2 is 2.15 bits per heavy atom. The van der Waals surface area contributed by atoms with Crippen molar-refractivity contribution in [3.63, 3.8) is 0 Å². The second-order valence-corrected chi connectivity index (χ2v) is 6.24. The van der Waals surface area contributed by atoms with Crippen molar-refractivity contribution >= 4 is 11.7 Å². The van der Waals surface area contributed by atoms with Crippen LogP contribution in [-0.2, 0) is 0 Å². The lowest BCUT2D eigenvalue weighted by molar-refractivity contribution is 0.244. The van der Waals surface area contributed by atoms with E-state index in [1.54, 1.807) is 17.1 Å². The number of hydrogen-bond acceptors (Lipinski definition) is 4. The highest BCUT2D eigenvalue weighted by Gasteiger charge is 2.29. The zero-order valence-electron chi connectivity index (χ0n) is 14.3. The lowest BCUT2D eigenvalue weighted by atomic mass is 9.94. The zero-order valence-corrected chi connectivity index (χ0v) is 14.3. The fraction of sp³-hybridized carbons (Fsp3) is 0.211. The summed E-state index contributed by atoms with van der Waals surface area (Å²) in [6.45, 7) is 2.56. The number of nitrogens with one attached hydrogen (secondary N) is 2. The van der Waals surface area contributed by atoms with Crippen LogP contribution in [0.3, 0.4) is 0 Å². The number of hydrogen-bond donors (Lipinski definition) is 2. The van der Waals surface area contributed by atoms with Crippen molar-refractivity contribution in [3.8, 4) is 11.4 Å². The molecule has 7 nitrogen and oxygen atoms in total. The molecule has 1 aliphatic rings. The molecule has 0 aliphatic carbocycles. The van der Waals surface area contributed by atoms with Crippen molar-refractivity contribution in [1.82, 2.24) is 20.3 Å². The Bertz CT molecular complexity index is 910. The van der Waals surface area contributed by atoms with E-state index in [1.807, 2.05) is 55.5 Å². The number of carbonyl (C=O) groups excluding carboxylic acids is 1. The van der Waals surface area contributed by atoms with Crippen LogP contribution in [-0.4, -0.2) is 33.7 Å². The number of rotatable bonds is 4. The van der Waals surface area contributed by atoms with Gasteiger partial charge in [0, 0.05) is 23.2 Å². The summed E-state index contributed by atoms with van der Waals surface area (Å²) in [5.41, 5.74) is 2.64. The van der Waals surface area contributed by atoms with E-state index in [0.29, 0.717) is 12.3 Å². The first-order chi connectivity index (χ1) is 12.7. The highest BCUT2D eigenvalue weighted by molar-refractivity contribution is 5.89. The van der Waals surface area contributed by atoms with Crippen LogP contribution in [0.2, 0.25) is 0 Å². The summed E-state index contributed by atoms with van der Waals surface area (Å²) in [7, 11) is 0. The van der Waals surface area contributed by atoms with Gasteiger partial charge in [-0.05, 0) is 31.2 Å². The van der Waals surface area contributed by atoms with Crippen LogP contribution < -0.4 is 15.4 Å². The Morgan fingerprint density at radius 3 is 3.00 bits per heavy atom. The second-order valence-electron chi connectivity index (χ2n) is 6.24. The van der Waals surface area contributed by atoms with E-state index in [2.05, 4.69) is 20.9 Å². The van der Waals surface area contributed by atoms with Gasteiger partial charge in [-0.2, -0.15) is 0 Å². The van der Waals surface area contributed by atoms with Gasteiger partial charge in [-0.1, -0.05) is 29.5 Å². The monoisotopic (exact) mass is 349 g/mol. The van der Waals surface area contributed by atoms with Gasteiger partial charge in [0.25, 0.3) is 0 Å². The average Bonchev–Trinajstić information content (AvgIpc) is 3.32. The first-order valence-electron chi connectivity index (χ1n) is 8.47. The van der Waals surface area contributed by atoms with E-state index >= 15 is 0 Å². The molecule has 2 amide bonds. The zero-order chi connectivity index (χ0) is 17.9. The van der Waals surface area contributed by atoms with Gasteiger partial charge in [-0.15, -0.1) is 5.10 Å². The fourth-order valence-electron chi connectivity index (χ4n) is 3.15. The highest BCUT2D eigenvalue weighted by atomic mass is 16.5. The number of fused-ring (bicyclic) bond motifs is 1. The van der Waals surface area contributed by atoms with Gasteiger partial charge >= 0.3 is 6.03 Å². The van der Waals surface area contributed by atoms with Crippen LogP contribution in [0, 0.1) is 0 Å². The van der Waals surface area contributed by atoms with Crippen molar-refractivity contribution in [3.05, 3.63) is 66.5 Å². The molecule has 1 aliphatic heterocycles. The Labute approximate surface area is 151 Å². The van der Waals surface area contributed by atoms with Gasteiger partial charge in [0.2, 0.25) is 0 Å². The van der Waals surface area contributed by atoms with E-state index in [1.165, 1.54) is 0 Å². The number of para-hydroxylation sites is 1. The van der Waals surface area contributed by atoms with Gasteiger partial charge in [-0.25, -0.2) is 9.48 Å². The lowest BCUT2D eigenvalue weighted by Crippen LogP contribution is -2.40. The summed E-state index contributed by atoms with van der Waals surface area (Å²) in [5.74, 6) is 1.03. The minimum atomic E-state index is -0.252. The molecule has 3 aromatic rings. The third-order valence-electron chi connectivity index (χ3n) is 4.49. The average molecular weight is 349 g/mol. The summed E-state index contributed by atoms with van der Waals surface area (Å²) < 4.78 is 7.34. The standard InChI is InChI=1S/C19H19N5O2/c1-13(17-12-26-18-8-3-2-7-16(17)18)21-19(25)22-14-5-4-6-15(11-14)24-10-9-20-23-24/h2-11,13,17H,12H2,1H3,(H2,21,22,25). The first-order valence-corrected chi connectivity index (χ1v) is 8.47. The number of nitrogens with zero attached hydrogens (tertiary/aromatic N) is 3. The van der Waals surface area contributed by atoms with Gasteiger partial charge < -0.3 is 15.4 Å². The fourth-order valence-corrected chi connectivity index (χ4v) is 3.15. The maximum atomic E-state index is 12.4. The third-order valence-corrected chi connectivity index (χ3v) is 4.49. The van der Waals surface area contributed by atoms with Crippen molar-refractivity contribution in [2.24, 2.45) is 0 Å². The maximum Gasteiger partial charge on any atom is 0.319 e. The number of ether oxygens (including phenoxy) is 1. The van der Waals surface area contributed by atoms with Crippen molar-refractivity contribution in [2.75, 3.05) is 11.9 Å². The third kappa shape index (κ3) is 3.23. The van der Waals surface area contributed by atoms with E-state index < -0.39 is 0 Å². The topological polar surface area (TPSA) is 81.1 Å². The largest absolute Gasteiger partial charge is 0.493 e. The lowest BCUT2D eigenvalue weighted by Gasteiger charge is -2.20. The molecule has 26 heavy (non-hydrogen) atoms. The highest BCUT2D eigenvalue weighted by Crippen LogP contribution is 2.35. The summed E-state index contributed by atoms with van der Waals surface area (Å²) in [4.78, 5) is 12.4. The number of carbonyl (C=O) groups is 1. The summed E-state index contributed by atoms with van der Waals surface area (Å²) in [5, 5.41) is 13.6. The maximum absolute atomic E-state index is 12.4. The van der Waals surface area contributed by atoms with Crippen LogP contribution in [0.25, 0.3) is 5.69 Å². The quantitative estimate of drug-likeness (QED) is 0.759. The minimum Gasteiger partial charge on any atom is -0.493 e. The first kappa shape index (κ1) is 16.1. The number of anilines is 1. The molecule has 2 heterocycles. The molecule has 2 aromatic carbocycles. The number of urea groups is 1. The molecule has 132 valence electrons. The molecule has 0 bridgehead atoms. The molecule has 1 aromatic heterocycles. The smallest absolute Gasteiger partial charge is 0.319 e. The molecule has 0 spiro atoms. The van der Waals surface area contributed by atoms with Crippen molar-refractivity contribution < 1.29 is 9.53 Å². The molecule has 0 radical (unpaired) electrons. The molecular formula is C19H19N5O2. The summed E-state index contributed by atoms with van der Waals surface area (Å²) in [6.07, 6.45) is 3.36. The van der Waals surface area contributed by atoms with Gasteiger partial charge in [0.05, 0.1) is 24.7 Å².